The summed E-state index contributed by atoms with van der Waals surface area (Å²) >= 11 is 2.62. The fourth-order valence-corrected chi connectivity index (χ4v) is 3.47. The summed E-state index contributed by atoms with van der Waals surface area (Å²) in [5, 5.41) is -0.194. The van der Waals surface area contributed by atoms with E-state index in [-0.39, 0.29) is 11.1 Å². The molecule has 1 fully saturated rings. The minimum Gasteiger partial charge on any atom is -0.385 e. The molecule has 4 nitrogen and oxygen atoms in total. The van der Waals surface area contributed by atoms with E-state index in [1.165, 1.54) is 9.78 Å². The zero-order valence-corrected chi connectivity index (χ0v) is 12.5. The van der Waals surface area contributed by atoms with Crippen LogP contribution >= 0.6 is 23.1 Å². The molecule has 6 heteroatoms. The quantitative estimate of drug-likeness (QED) is 0.619. The first kappa shape index (κ1) is 14.3. The van der Waals surface area contributed by atoms with Gasteiger partial charge in [0, 0.05) is 30.0 Å². The number of hydrogen-bond donors (Lipinski definition) is 0. The van der Waals surface area contributed by atoms with Crippen LogP contribution in [0.5, 0.6) is 0 Å². The minimum absolute atomic E-state index is 0.194. The molecule has 0 aromatic carbocycles. The molecule has 102 valence electrons. The van der Waals surface area contributed by atoms with E-state index in [9.17, 15) is 9.59 Å². The maximum absolute atomic E-state index is 12.1. The second-order valence-corrected chi connectivity index (χ2v) is 6.44. The number of carbonyl (C=O) groups excluding carboxylic acids is 2. The van der Waals surface area contributed by atoms with Gasteiger partial charge < -0.3 is 4.74 Å². The Bertz CT molecular complexity index is 522. The number of nitrogens with zero attached hydrogens (tertiary/aromatic N) is 1. The SMILES string of the molecule is COCCCN1C(=O)S/C(=C/c2ccc(C)s2)C1=O. The van der Waals surface area contributed by atoms with Crippen LogP contribution in [0.15, 0.2) is 17.0 Å². The van der Waals surface area contributed by atoms with Gasteiger partial charge in [-0.15, -0.1) is 11.3 Å². The summed E-state index contributed by atoms with van der Waals surface area (Å²) in [6, 6.07) is 3.96. The molecule has 0 N–H and O–H groups in total. The average molecular weight is 297 g/mol. The predicted octanol–water partition coefficient (Wildman–Crippen LogP) is 3.13. The van der Waals surface area contributed by atoms with Crippen LogP contribution in [0.2, 0.25) is 0 Å². The number of carbonyl (C=O) groups is 2. The van der Waals surface area contributed by atoms with Gasteiger partial charge in [-0.25, -0.2) is 0 Å². The number of methoxy groups -OCH3 is 1. The van der Waals surface area contributed by atoms with Gasteiger partial charge in [0.05, 0.1) is 4.91 Å². The van der Waals surface area contributed by atoms with Crippen LogP contribution in [-0.2, 0) is 9.53 Å². The minimum atomic E-state index is -0.197. The summed E-state index contributed by atoms with van der Waals surface area (Å²) < 4.78 is 4.93. The van der Waals surface area contributed by atoms with Gasteiger partial charge in [0.2, 0.25) is 0 Å². The summed E-state index contributed by atoms with van der Waals surface area (Å²) in [4.78, 5) is 27.9. The Labute approximate surface area is 120 Å². The molecular formula is C13H15NO3S2. The van der Waals surface area contributed by atoms with Gasteiger partial charge in [-0.2, -0.15) is 0 Å². The van der Waals surface area contributed by atoms with Gasteiger partial charge in [0.25, 0.3) is 11.1 Å². The zero-order chi connectivity index (χ0) is 13.8. The van der Waals surface area contributed by atoms with Crippen molar-refractivity contribution in [1.82, 2.24) is 4.90 Å². The Morgan fingerprint density at radius 1 is 1.37 bits per heavy atom. The molecule has 19 heavy (non-hydrogen) atoms. The molecule has 2 rings (SSSR count). The van der Waals surface area contributed by atoms with Crippen molar-refractivity contribution in [3.63, 3.8) is 0 Å². The second-order valence-electron chi connectivity index (χ2n) is 4.13. The van der Waals surface area contributed by atoms with Crippen LogP contribution in [-0.4, -0.2) is 36.3 Å². The first-order chi connectivity index (χ1) is 9.11. The highest BCUT2D eigenvalue weighted by Gasteiger charge is 2.34. The van der Waals surface area contributed by atoms with E-state index >= 15 is 0 Å². The molecule has 1 saturated heterocycles. The smallest absolute Gasteiger partial charge is 0.293 e. The molecule has 2 amide bonds. The van der Waals surface area contributed by atoms with E-state index < -0.39 is 0 Å². The van der Waals surface area contributed by atoms with Gasteiger partial charge in [0.15, 0.2) is 0 Å². The topological polar surface area (TPSA) is 46.6 Å². The molecule has 0 saturated carbocycles. The third kappa shape index (κ3) is 3.46. The molecule has 0 unspecified atom stereocenters. The lowest BCUT2D eigenvalue weighted by Crippen LogP contribution is -2.29. The molecule has 0 spiro atoms. The lowest BCUT2D eigenvalue weighted by molar-refractivity contribution is -0.122. The van der Waals surface area contributed by atoms with Crippen molar-refractivity contribution in [1.29, 1.82) is 0 Å². The summed E-state index contributed by atoms with van der Waals surface area (Å²) in [5.41, 5.74) is 0. The molecule has 1 aromatic heterocycles. The van der Waals surface area contributed by atoms with Gasteiger partial charge in [-0.05, 0) is 43.3 Å². The predicted molar refractivity (Wildman–Crippen MR) is 78.2 cm³/mol. The van der Waals surface area contributed by atoms with E-state index in [2.05, 4.69) is 0 Å². The highest BCUT2D eigenvalue weighted by Crippen LogP contribution is 2.33. The molecule has 1 aromatic rings. The van der Waals surface area contributed by atoms with Crippen LogP contribution in [0.4, 0.5) is 4.79 Å². The van der Waals surface area contributed by atoms with Crippen molar-refractivity contribution < 1.29 is 14.3 Å². The number of aryl methyl sites for hydroxylation is 1. The second kappa shape index (κ2) is 6.36. The Kier molecular flexibility index (Phi) is 4.79. The number of amides is 2. The number of imide groups is 1. The Hall–Kier alpha value is -1.11. The molecule has 2 heterocycles. The number of hydrogen-bond acceptors (Lipinski definition) is 5. The lowest BCUT2D eigenvalue weighted by Gasteiger charge is -2.11. The Balaban J connectivity index is 2.07. The van der Waals surface area contributed by atoms with Crippen molar-refractivity contribution in [3.05, 3.63) is 26.8 Å². The van der Waals surface area contributed by atoms with Crippen molar-refractivity contribution >= 4 is 40.3 Å². The standard InChI is InChI=1S/C13H15NO3S2/c1-9-4-5-10(18-9)8-11-12(15)14(13(16)19-11)6-3-7-17-2/h4-5,8H,3,6-7H2,1-2H3/b11-8+. The maximum Gasteiger partial charge on any atom is 0.293 e. The van der Waals surface area contributed by atoms with Crippen LogP contribution < -0.4 is 0 Å². The highest BCUT2D eigenvalue weighted by atomic mass is 32.2. The van der Waals surface area contributed by atoms with Gasteiger partial charge in [0.1, 0.15) is 0 Å². The van der Waals surface area contributed by atoms with Crippen LogP contribution in [0.25, 0.3) is 6.08 Å². The first-order valence-corrected chi connectivity index (χ1v) is 7.56. The number of thiophene rings is 1. The molecule has 0 aliphatic carbocycles. The van der Waals surface area contributed by atoms with Gasteiger partial charge in [-0.3, -0.25) is 14.5 Å². The van der Waals surface area contributed by atoms with Crippen molar-refractivity contribution in [2.75, 3.05) is 20.3 Å². The number of rotatable bonds is 5. The van der Waals surface area contributed by atoms with E-state index in [1.54, 1.807) is 24.5 Å². The Morgan fingerprint density at radius 2 is 2.16 bits per heavy atom. The fraction of sp³-hybridized carbons (Fsp3) is 0.385. The van der Waals surface area contributed by atoms with Crippen molar-refractivity contribution in [2.45, 2.75) is 13.3 Å². The summed E-state index contributed by atoms with van der Waals surface area (Å²) in [6.07, 6.45) is 2.46. The van der Waals surface area contributed by atoms with E-state index in [1.807, 2.05) is 19.1 Å². The van der Waals surface area contributed by atoms with Crippen LogP contribution in [0, 0.1) is 6.92 Å². The number of ether oxygens (including phenoxy) is 1. The van der Waals surface area contributed by atoms with E-state index in [4.69, 9.17) is 4.74 Å². The molecule has 0 atom stereocenters. The van der Waals surface area contributed by atoms with Gasteiger partial charge in [-0.1, -0.05) is 0 Å². The molecule has 0 radical (unpaired) electrons. The van der Waals surface area contributed by atoms with Crippen LogP contribution in [0.3, 0.4) is 0 Å². The first-order valence-electron chi connectivity index (χ1n) is 5.92. The van der Waals surface area contributed by atoms with E-state index in [0.717, 1.165) is 16.6 Å². The van der Waals surface area contributed by atoms with E-state index in [0.29, 0.717) is 24.5 Å². The Morgan fingerprint density at radius 3 is 2.79 bits per heavy atom. The molecule has 1 aliphatic heterocycles. The fourth-order valence-electron chi connectivity index (χ4n) is 1.72. The summed E-state index contributed by atoms with van der Waals surface area (Å²) in [6.45, 7) is 2.97. The largest absolute Gasteiger partial charge is 0.385 e. The highest BCUT2D eigenvalue weighted by molar-refractivity contribution is 8.18. The maximum atomic E-state index is 12.1. The normalized spacial score (nSPS) is 17.8. The third-order valence-corrected chi connectivity index (χ3v) is 4.49. The summed E-state index contributed by atoms with van der Waals surface area (Å²) in [7, 11) is 1.60. The molecular weight excluding hydrogens is 282 g/mol. The number of thioether (sulfide) groups is 1. The lowest BCUT2D eigenvalue weighted by atomic mass is 10.3. The molecule has 0 bridgehead atoms. The van der Waals surface area contributed by atoms with Crippen molar-refractivity contribution in [2.24, 2.45) is 0 Å². The monoisotopic (exact) mass is 297 g/mol. The third-order valence-electron chi connectivity index (χ3n) is 2.64. The average Bonchev–Trinajstić information content (AvgIpc) is 2.88. The van der Waals surface area contributed by atoms with Crippen molar-refractivity contribution in [3.8, 4) is 0 Å². The van der Waals surface area contributed by atoms with Gasteiger partial charge >= 0.3 is 0 Å². The zero-order valence-electron chi connectivity index (χ0n) is 10.8. The summed E-state index contributed by atoms with van der Waals surface area (Å²) in [5.74, 6) is -0.197. The molecule has 1 aliphatic rings. The van der Waals surface area contributed by atoms with Crippen LogP contribution in [0.1, 0.15) is 16.2 Å².